The second-order valence-electron chi connectivity index (χ2n) is 9.14. The van der Waals surface area contributed by atoms with E-state index in [1.807, 2.05) is 24.5 Å². The highest BCUT2D eigenvalue weighted by Crippen LogP contribution is 2.36. The van der Waals surface area contributed by atoms with Gasteiger partial charge in [-0.25, -0.2) is 0 Å². The SMILES string of the molecule is O=C(CC1CCc2ccccc21)Nc1ccccc1N1CCN(CCc2ccncc2)CC1. The number of fused-ring (bicyclic) bond motifs is 1. The minimum atomic E-state index is 0.111. The number of aryl methyl sites for hydroxylation is 1. The Kier molecular flexibility index (Phi) is 6.68. The van der Waals surface area contributed by atoms with Gasteiger partial charge in [-0.1, -0.05) is 36.4 Å². The van der Waals surface area contributed by atoms with Crippen molar-refractivity contribution in [2.45, 2.75) is 31.6 Å². The molecule has 5 rings (SSSR count). The minimum absolute atomic E-state index is 0.111. The average molecular weight is 441 g/mol. The highest BCUT2D eigenvalue weighted by atomic mass is 16.1. The van der Waals surface area contributed by atoms with Crippen molar-refractivity contribution in [3.8, 4) is 0 Å². The number of carbonyl (C=O) groups is 1. The van der Waals surface area contributed by atoms with Crippen molar-refractivity contribution < 1.29 is 4.79 Å². The summed E-state index contributed by atoms with van der Waals surface area (Å²) in [6.07, 6.45) is 7.48. The number of hydrogen-bond donors (Lipinski definition) is 1. The molecule has 5 nitrogen and oxygen atoms in total. The third-order valence-corrected chi connectivity index (χ3v) is 7.05. The highest BCUT2D eigenvalue weighted by molar-refractivity contribution is 5.95. The van der Waals surface area contributed by atoms with Gasteiger partial charge in [0.2, 0.25) is 5.91 Å². The Bertz CT molecular complexity index is 1080. The molecule has 1 atom stereocenters. The molecule has 1 amide bonds. The van der Waals surface area contributed by atoms with Crippen LogP contribution in [0.2, 0.25) is 0 Å². The number of benzene rings is 2. The Morgan fingerprint density at radius 1 is 0.939 bits per heavy atom. The summed E-state index contributed by atoms with van der Waals surface area (Å²) < 4.78 is 0. The summed E-state index contributed by atoms with van der Waals surface area (Å²) in [6, 6.07) is 21.0. The number of hydrogen-bond acceptors (Lipinski definition) is 4. The van der Waals surface area contributed by atoms with Crippen LogP contribution < -0.4 is 10.2 Å². The maximum Gasteiger partial charge on any atom is 0.225 e. The van der Waals surface area contributed by atoms with Gasteiger partial charge in [0.25, 0.3) is 0 Å². The van der Waals surface area contributed by atoms with E-state index in [-0.39, 0.29) is 5.91 Å². The van der Waals surface area contributed by atoms with Gasteiger partial charge in [0.05, 0.1) is 11.4 Å². The van der Waals surface area contributed by atoms with Gasteiger partial charge in [0, 0.05) is 51.5 Å². The van der Waals surface area contributed by atoms with E-state index in [4.69, 9.17) is 0 Å². The van der Waals surface area contributed by atoms with E-state index >= 15 is 0 Å². The maximum atomic E-state index is 12.9. The summed E-state index contributed by atoms with van der Waals surface area (Å²) in [5, 5.41) is 3.22. The number of nitrogens with one attached hydrogen (secondary N) is 1. The van der Waals surface area contributed by atoms with Crippen molar-refractivity contribution >= 4 is 17.3 Å². The third-order valence-electron chi connectivity index (χ3n) is 7.05. The maximum absolute atomic E-state index is 12.9. The molecule has 1 saturated heterocycles. The summed E-state index contributed by atoms with van der Waals surface area (Å²) in [7, 11) is 0. The number of para-hydroxylation sites is 2. The molecule has 1 aliphatic carbocycles. The molecule has 2 heterocycles. The van der Waals surface area contributed by atoms with Crippen LogP contribution in [-0.4, -0.2) is 48.5 Å². The lowest BCUT2D eigenvalue weighted by Crippen LogP contribution is -2.47. The minimum Gasteiger partial charge on any atom is -0.367 e. The molecule has 3 aromatic rings. The van der Waals surface area contributed by atoms with Crippen LogP contribution in [0.3, 0.4) is 0 Å². The van der Waals surface area contributed by atoms with Gasteiger partial charge in [-0.05, 0) is 66.1 Å². The van der Waals surface area contributed by atoms with Gasteiger partial charge in [-0.3, -0.25) is 14.7 Å². The van der Waals surface area contributed by atoms with Crippen LogP contribution in [0.15, 0.2) is 73.1 Å². The quantitative estimate of drug-likeness (QED) is 0.588. The largest absolute Gasteiger partial charge is 0.367 e. The van der Waals surface area contributed by atoms with Gasteiger partial charge in [-0.2, -0.15) is 0 Å². The summed E-state index contributed by atoms with van der Waals surface area (Å²) in [5.41, 5.74) is 6.15. The Hall–Kier alpha value is -3.18. The van der Waals surface area contributed by atoms with Crippen LogP contribution in [0.4, 0.5) is 11.4 Å². The fraction of sp³-hybridized carbons (Fsp3) is 0.357. The molecule has 1 aromatic heterocycles. The molecule has 1 N–H and O–H groups in total. The van der Waals surface area contributed by atoms with Crippen molar-refractivity contribution in [3.63, 3.8) is 0 Å². The molecule has 5 heteroatoms. The van der Waals surface area contributed by atoms with Crippen molar-refractivity contribution in [1.82, 2.24) is 9.88 Å². The Labute approximate surface area is 196 Å². The second-order valence-corrected chi connectivity index (χ2v) is 9.14. The zero-order valence-electron chi connectivity index (χ0n) is 19.1. The van der Waals surface area contributed by atoms with Gasteiger partial charge in [0.15, 0.2) is 0 Å². The molecule has 2 aromatic carbocycles. The van der Waals surface area contributed by atoms with Gasteiger partial charge in [-0.15, -0.1) is 0 Å². The predicted octanol–water partition coefficient (Wildman–Crippen LogP) is 4.50. The Morgan fingerprint density at radius 3 is 2.55 bits per heavy atom. The number of anilines is 2. The fourth-order valence-corrected chi connectivity index (χ4v) is 5.19. The van der Waals surface area contributed by atoms with E-state index in [0.29, 0.717) is 12.3 Å². The molecule has 1 unspecified atom stereocenters. The predicted molar refractivity (Wildman–Crippen MR) is 134 cm³/mol. The van der Waals surface area contributed by atoms with E-state index < -0.39 is 0 Å². The van der Waals surface area contributed by atoms with E-state index in [9.17, 15) is 4.79 Å². The lowest BCUT2D eigenvalue weighted by molar-refractivity contribution is -0.116. The summed E-state index contributed by atoms with van der Waals surface area (Å²) in [5.74, 6) is 0.442. The van der Waals surface area contributed by atoms with Gasteiger partial charge < -0.3 is 10.2 Å². The molecule has 1 aliphatic heterocycles. The van der Waals surface area contributed by atoms with E-state index in [1.54, 1.807) is 0 Å². The number of nitrogens with zero attached hydrogens (tertiary/aromatic N) is 3. The van der Waals surface area contributed by atoms with Crippen molar-refractivity contribution in [1.29, 1.82) is 0 Å². The number of aromatic nitrogens is 1. The summed E-state index contributed by atoms with van der Waals surface area (Å²) in [4.78, 5) is 22.0. The first-order valence-electron chi connectivity index (χ1n) is 12.1. The monoisotopic (exact) mass is 440 g/mol. The molecular weight excluding hydrogens is 408 g/mol. The molecule has 2 aliphatic rings. The zero-order valence-corrected chi connectivity index (χ0v) is 19.1. The number of piperazine rings is 1. The summed E-state index contributed by atoms with van der Waals surface area (Å²) in [6.45, 7) is 5.08. The van der Waals surface area contributed by atoms with Crippen LogP contribution in [0, 0.1) is 0 Å². The topological polar surface area (TPSA) is 48.5 Å². The Morgan fingerprint density at radius 2 is 1.70 bits per heavy atom. The first kappa shape index (κ1) is 21.7. The van der Waals surface area contributed by atoms with Crippen molar-refractivity contribution in [3.05, 3.63) is 89.7 Å². The van der Waals surface area contributed by atoms with Crippen LogP contribution >= 0.6 is 0 Å². The lowest BCUT2D eigenvalue weighted by Gasteiger charge is -2.37. The standard InChI is InChI=1S/C28H32N4O/c33-28(21-24-10-9-23-5-1-2-6-25(23)24)30-26-7-3-4-8-27(26)32-19-17-31(18-20-32)16-13-22-11-14-29-15-12-22/h1-8,11-12,14-15,24H,9-10,13,16-21H2,(H,30,33). The molecule has 0 bridgehead atoms. The number of pyridine rings is 1. The smallest absolute Gasteiger partial charge is 0.225 e. The fourth-order valence-electron chi connectivity index (χ4n) is 5.19. The van der Waals surface area contributed by atoms with Crippen molar-refractivity contribution in [2.75, 3.05) is 42.9 Å². The molecule has 0 radical (unpaired) electrons. The molecule has 33 heavy (non-hydrogen) atoms. The molecule has 0 saturated carbocycles. The zero-order chi connectivity index (χ0) is 22.5. The molecular formula is C28H32N4O. The van der Waals surface area contributed by atoms with Crippen LogP contribution in [-0.2, 0) is 17.6 Å². The Balaban J connectivity index is 1.16. The normalized spacial score (nSPS) is 18.2. The van der Waals surface area contributed by atoms with E-state index in [1.165, 1.54) is 16.7 Å². The molecule has 0 spiro atoms. The van der Waals surface area contributed by atoms with Gasteiger partial charge >= 0.3 is 0 Å². The van der Waals surface area contributed by atoms with Gasteiger partial charge in [0.1, 0.15) is 0 Å². The summed E-state index contributed by atoms with van der Waals surface area (Å²) >= 11 is 0. The van der Waals surface area contributed by atoms with Crippen LogP contribution in [0.25, 0.3) is 0 Å². The number of carbonyl (C=O) groups excluding carboxylic acids is 1. The molecule has 1 fully saturated rings. The average Bonchev–Trinajstić information content (AvgIpc) is 3.27. The van der Waals surface area contributed by atoms with Crippen LogP contribution in [0.5, 0.6) is 0 Å². The highest BCUT2D eigenvalue weighted by Gasteiger charge is 2.25. The van der Waals surface area contributed by atoms with E-state index in [0.717, 1.165) is 63.4 Å². The van der Waals surface area contributed by atoms with E-state index in [2.05, 4.69) is 68.6 Å². The molecule has 170 valence electrons. The third kappa shape index (κ3) is 5.25. The first-order chi connectivity index (χ1) is 16.3. The number of rotatable bonds is 7. The van der Waals surface area contributed by atoms with Crippen LogP contribution in [0.1, 0.15) is 35.4 Å². The second kappa shape index (κ2) is 10.2. The first-order valence-corrected chi connectivity index (χ1v) is 12.1. The lowest BCUT2D eigenvalue weighted by atomic mass is 9.97. The number of amides is 1. The van der Waals surface area contributed by atoms with Crippen molar-refractivity contribution in [2.24, 2.45) is 0 Å².